The van der Waals surface area contributed by atoms with Gasteiger partial charge in [0.05, 0.1) is 25.8 Å². The van der Waals surface area contributed by atoms with E-state index in [-0.39, 0.29) is 24.0 Å². The van der Waals surface area contributed by atoms with Crippen molar-refractivity contribution in [1.82, 2.24) is 0 Å². The molecule has 2 aromatic rings. The summed E-state index contributed by atoms with van der Waals surface area (Å²) in [5.74, 6) is 0.816. The number of hydrogen-bond donors (Lipinski definition) is 2. The SMILES string of the molecule is COc1ccc(NC(N)=NCc2ccc(OC)c(OC(F)F)c2)cc1Cl. The highest BCUT2D eigenvalue weighted by Gasteiger charge is 2.11. The van der Waals surface area contributed by atoms with Crippen molar-refractivity contribution in [3.63, 3.8) is 0 Å². The van der Waals surface area contributed by atoms with Crippen LogP contribution in [0.5, 0.6) is 17.2 Å². The van der Waals surface area contributed by atoms with Crippen molar-refractivity contribution in [2.75, 3.05) is 19.5 Å². The first kappa shape index (κ1) is 19.6. The number of rotatable bonds is 7. The third-order valence-corrected chi connectivity index (χ3v) is 3.60. The maximum atomic E-state index is 12.5. The molecule has 0 saturated heterocycles. The van der Waals surface area contributed by atoms with Crippen molar-refractivity contribution >= 4 is 23.2 Å². The van der Waals surface area contributed by atoms with Crippen molar-refractivity contribution in [1.29, 1.82) is 0 Å². The fraction of sp³-hybridized carbons (Fsp3) is 0.235. The lowest BCUT2D eigenvalue weighted by Crippen LogP contribution is -2.22. The molecular formula is C17H18ClF2N3O3. The molecule has 0 saturated carbocycles. The third kappa shape index (κ3) is 5.38. The lowest BCUT2D eigenvalue weighted by Gasteiger charge is -2.11. The minimum Gasteiger partial charge on any atom is -0.495 e. The predicted octanol–water partition coefficient (Wildman–Crippen LogP) is 3.89. The monoisotopic (exact) mass is 385 g/mol. The Hall–Kier alpha value is -2.74. The second-order valence-electron chi connectivity index (χ2n) is 5.04. The topological polar surface area (TPSA) is 78.1 Å². The van der Waals surface area contributed by atoms with Crippen LogP contribution in [0.2, 0.25) is 5.02 Å². The number of halogens is 3. The third-order valence-electron chi connectivity index (χ3n) is 3.30. The summed E-state index contributed by atoms with van der Waals surface area (Å²) >= 11 is 6.04. The van der Waals surface area contributed by atoms with E-state index < -0.39 is 6.61 Å². The van der Waals surface area contributed by atoms with Gasteiger partial charge in [-0.1, -0.05) is 17.7 Å². The number of anilines is 1. The number of alkyl halides is 2. The van der Waals surface area contributed by atoms with Crippen molar-refractivity contribution in [3.05, 3.63) is 47.0 Å². The second-order valence-corrected chi connectivity index (χ2v) is 5.45. The average Bonchev–Trinajstić information content (AvgIpc) is 2.60. The van der Waals surface area contributed by atoms with Crippen LogP contribution in [0.25, 0.3) is 0 Å². The molecule has 0 spiro atoms. The van der Waals surface area contributed by atoms with Gasteiger partial charge in [-0.2, -0.15) is 8.78 Å². The number of nitrogens with zero attached hydrogens (tertiary/aromatic N) is 1. The Bertz CT molecular complexity index is 788. The van der Waals surface area contributed by atoms with Crippen LogP contribution in [0.15, 0.2) is 41.4 Å². The molecule has 0 bridgehead atoms. The zero-order valence-electron chi connectivity index (χ0n) is 14.1. The van der Waals surface area contributed by atoms with Crippen LogP contribution in [-0.2, 0) is 6.54 Å². The van der Waals surface area contributed by atoms with E-state index in [1.165, 1.54) is 26.4 Å². The Morgan fingerprint density at radius 2 is 1.81 bits per heavy atom. The molecule has 0 aliphatic heterocycles. The molecule has 0 atom stereocenters. The number of ether oxygens (including phenoxy) is 3. The normalized spacial score (nSPS) is 11.4. The summed E-state index contributed by atoms with van der Waals surface area (Å²) in [4.78, 5) is 4.16. The summed E-state index contributed by atoms with van der Waals surface area (Å²) in [6.45, 7) is -2.79. The van der Waals surface area contributed by atoms with Crippen LogP contribution in [0, 0.1) is 0 Å². The van der Waals surface area contributed by atoms with Gasteiger partial charge in [-0.15, -0.1) is 0 Å². The lowest BCUT2D eigenvalue weighted by atomic mass is 10.2. The molecule has 3 N–H and O–H groups in total. The summed E-state index contributed by atoms with van der Waals surface area (Å²) in [6, 6.07) is 9.69. The fourth-order valence-corrected chi connectivity index (χ4v) is 2.37. The Labute approximate surface area is 154 Å². The van der Waals surface area contributed by atoms with Crippen molar-refractivity contribution in [2.24, 2.45) is 10.7 Å². The molecule has 0 aliphatic rings. The molecule has 0 radical (unpaired) electrons. The van der Waals surface area contributed by atoms with E-state index in [0.29, 0.717) is 22.0 Å². The molecule has 140 valence electrons. The highest BCUT2D eigenvalue weighted by molar-refractivity contribution is 6.32. The van der Waals surface area contributed by atoms with Gasteiger partial charge in [0.15, 0.2) is 17.5 Å². The summed E-state index contributed by atoms with van der Waals surface area (Å²) in [6.07, 6.45) is 0. The maximum absolute atomic E-state index is 12.5. The standard InChI is InChI=1S/C17H18ClF2N3O3/c1-24-13-6-4-11(8-12(13)18)23-17(21)22-9-10-3-5-14(25-2)15(7-10)26-16(19)20/h3-8,16H,9H2,1-2H3,(H3,21,22,23). The van der Waals surface area contributed by atoms with Gasteiger partial charge in [-0.05, 0) is 35.9 Å². The average molecular weight is 386 g/mol. The van der Waals surface area contributed by atoms with Crippen LogP contribution in [0.4, 0.5) is 14.5 Å². The zero-order chi connectivity index (χ0) is 19.1. The fourth-order valence-electron chi connectivity index (χ4n) is 2.12. The Morgan fingerprint density at radius 1 is 1.12 bits per heavy atom. The van der Waals surface area contributed by atoms with Gasteiger partial charge in [0, 0.05) is 5.69 Å². The first-order valence-electron chi connectivity index (χ1n) is 7.45. The van der Waals surface area contributed by atoms with E-state index in [0.717, 1.165) is 0 Å². The molecule has 0 fully saturated rings. The lowest BCUT2D eigenvalue weighted by molar-refractivity contribution is -0.0512. The highest BCUT2D eigenvalue weighted by Crippen LogP contribution is 2.30. The number of aliphatic imine (C=N–C) groups is 1. The molecule has 2 rings (SSSR count). The number of guanidine groups is 1. The second kappa shape index (κ2) is 9.10. The van der Waals surface area contributed by atoms with E-state index in [1.54, 1.807) is 24.3 Å². The largest absolute Gasteiger partial charge is 0.495 e. The molecule has 0 heterocycles. The van der Waals surface area contributed by atoms with Crippen LogP contribution < -0.4 is 25.3 Å². The van der Waals surface area contributed by atoms with Crippen LogP contribution in [0.1, 0.15) is 5.56 Å². The predicted molar refractivity (Wildman–Crippen MR) is 96.6 cm³/mol. The summed E-state index contributed by atoms with van der Waals surface area (Å²) in [5.41, 5.74) is 7.09. The Morgan fingerprint density at radius 3 is 2.42 bits per heavy atom. The molecule has 6 nitrogen and oxygen atoms in total. The quantitative estimate of drug-likeness (QED) is 0.558. The van der Waals surface area contributed by atoms with E-state index in [9.17, 15) is 8.78 Å². The van der Waals surface area contributed by atoms with Crippen LogP contribution in [0.3, 0.4) is 0 Å². The van der Waals surface area contributed by atoms with Gasteiger partial charge >= 0.3 is 6.61 Å². The van der Waals surface area contributed by atoms with Crippen molar-refractivity contribution < 1.29 is 23.0 Å². The molecule has 0 amide bonds. The molecule has 2 aromatic carbocycles. The number of nitrogens with one attached hydrogen (secondary N) is 1. The maximum Gasteiger partial charge on any atom is 0.387 e. The van der Waals surface area contributed by atoms with Crippen molar-refractivity contribution in [3.8, 4) is 17.2 Å². The summed E-state index contributed by atoms with van der Waals surface area (Å²) < 4.78 is 39.4. The van der Waals surface area contributed by atoms with Crippen LogP contribution >= 0.6 is 11.6 Å². The molecule has 0 aliphatic carbocycles. The minimum atomic E-state index is -2.95. The molecular weight excluding hydrogens is 368 g/mol. The van der Waals surface area contributed by atoms with Gasteiger partial charge < -0.3 is 25.3 Å². The van der Waals surface area contributed by atoms with E-state index in [4.69, 9.17) is 26.8 Å². The molecule has 9 heteroatoms. The van der Waals surface area contributed by atoms with Gasteiger partial charge in [0.2, 0.25) is 0 Å². The van der Waals surface area contributed by atoms with Crippen molar-refractivity contribution in [2.45, 2.75) is 13.2 Å². The molecule has 26 heavy (non-hydrogen) atoms. The van der Waals surface area contributed by atoms with Gasteiger partial charge in [0.25, 0.3) is 0 Å². The van der Waals surface area contributed by atoms with Gasteiger partial charge in [-0.3, -0.25) is 0 Å². The van der Waals surface area contributed by atoms with E-state index in [2.05, 4.69) is 15.0 Å². The number of methoxy groups -OCH3 is 2. The molecule has 0 unspecified atom stereocenters. The number of benzene rings is 2. The Kier molecular flexibility index (Phi) is 6.85. The first-order valence-corrected chi connectivity index (χ1v) is 7.83. The number of nitrogens with two attached hydrogens (primary N) is 1. The van der Waals surface area contributed by atoms with Crippen LogP contribution in [-0.4, -0.2) is 26.8 Å². The summed E-state index contributed by atoms with van der Waals surface area (Å²) in [7, 11) is 2.89. The van der Waals surface area contributed by atoms with Gasteiger partial charge in [-0.25, -0.2) is 4.99 Å². The summed E-state index contributed by atoms with van der Waals surface area (Å²) in [5, 5.41) is 3.31. The molecule has 0 aromatic heterocycles. The smallest absolute Gasteiger partial charge is 0.387 e. The Balaban J connectivity index is 2.07. The highest BCUT2D eigenvalue weighted by atomic mass is 35.5. The zero-order valence-corrected chi connectivity index (χ0v) is 14.9. The first-order chi connectivity index (χ1) is 12.4. The van der Waals surface area contributed by atoms with E-state index >= 15 is 0 Å². The number of hydrogen-bond acceptors (Lipinski definition) is 4. The van der Waals surface area contributed by atoms with E-state index in [1.807, 2.05) is 0 Å². The minimum absolute atomic E-state index is 0.0660. The van der Waals surface area contributed by atoms with Gasteiger partial charge in [0.1, 0.15) is 5.75 Å².